The van der Waals surface area contributed by atoms with Gasteiger partial charge >= 0.3 is 0 Å². The number of amides is 1. The van der Waals surface area contributed by atoms with Gasteiger partial charge < -0.3 is 9.80 Å². The number of carbonyl (C=O) groups is 1. The number of carbonyl (C=O) groups excluding carboxylic acids is 1. The van der Waals surface area contributed by atoms with Crippen molar-refractivity contribution in [2.24, 2.45) is 11.8 Å². The minimum atomic E-state index is 0.0683. The molecule has 0 spiro atoms. The molecule has 5 rings (SSSR count). The summed E-state index contributed by atoms with van der Waals surface area (Å²) in [5.41, 5.74) is 1.40. The molecule has 0 bridgehead atoms. The first-order valence-electron chi connectivity index (χ1n) is 10.7. The Balaban J connectivity index is 1.12. The predicted molar refractivity (Wildman–Crippen MR) is 114 cm³/mol. The fourth-order valence-electron chi connectivity index (χ4n) is 4.42. The molecule has 2 saturated heterocycles. The van der Waals surface area contributed by atoms with Crippen molar-refractivity contribution in [2.45, 2.75) is 19.3 Å². The van der Waals surface area contributed by atoms with Crippen molar-refractivity contribution in [3.8, 4) is 5.82 Å². The molecule has 0 unspecified atom stereocenters. The van der Waals surface area contributed by atoms with E-state index in [4.69, 9.17) is 0 Å². The summed E-state index contributed by atoms with van der Waals surface area (Å²) in [6.45, 7) is 3.20. The van der Waals surface area contributed by atoms with E-state index in [1.165, 1.54) is 5.56 Å². The van der Waals surface area contributed by atoms with E-state index in [2.05, 4.69) is 55.2 Å². The third kappa shape index (κ3) is 3.92. The van der Waals surface area contributed by atoms with Gasteiger partial charge in [-0.05, 0) is 36.8 Å². The molecule has 30 heavy (non-hydrogen) atoms. The van der Waals surface area contributed by atoms with E-state index in [1.807, 2.05) is 18.3 Å². The average molecular weight is 403 g/mol. The number of rotatable bonds is 5. The Hall–Kier alpha value is -3.22. The fraction of sp³-hybridized carbons (Fsp3) is 0.391. The van der Waals surface area contributed by atoms with Crippen LogP contribution in [0.4, 0.5) is 5.82 Å². The Morgan fingerprint density at radius 2 is 1.77 bits per heavy atom. The molecule has 2 fully saturated rings. The van der Waals surface area contributed by atoms with Crippen LogP contribution in [0.2, 0.25) is 0 Å². The molecule has 1 aromatic carbocycles. The Labute approximate surface area is 176 Å². The topological polar surface area (TPSA) is 67.2 Å². The monoisotopic (exact) mass is 402 g/mol. The molecule has 1 amide bonds. The van der Waals surface area contributed by atoms with Crippen LogP contribution in [0.1, 0.15) is 18.4 Å². The largest absolute Gasteiger partial charge is 0.355 e. The van der Waals surface area contributed by atoms with Crippen LogP contribution in [-0.2, 0) is 11.2 Å². The molecule has 2 aliphatic heterocycles. The van der Waals surface area contributed by atoms with Crippen molar-refractivity contribution in [1.29, 1.82) is 0 Å². The lowest BCUT2D eigenvalue weighted by atomic mass is 9.89. The summed E-state index contributed by atoms with van der Waals surface area (Å²) >= 11 is 0. The first-order valence-corrected chi connectivity index (χ1v) is 10.7. The molecule has 0 radical (unpaired) electrons. The average Bonchev–Trinajstić information content (AvgIpc) is 3.29. The quantitative estimate of drug-likeness (QED) is 0.656. The molecular formula is C23H26N6O. The molecular weight excluding hydrogens is 376 g/mol. The van der Waals surface area contributed by atoms with Gasteiger partial charge in [0.15, 0.2) is 5.82 Å². The lowest BCUT2D eigenvalue weighted by Gasteiger charge is -2.42. The van der Waals surface area contributed by atoms with Crippen molar-refractivity contribution in [2.75, 3.05) is 31.1 Å². The van der Waals surface area contributed by atoms with Gasteiger partial charge in [-0.25, -0.2) is 14.6 Å². The summed E-state index contributed by atoms with van der Waals surface area (Å²) in [6, 6.07) is 14.5. The van der Waals surface area contributed by atoms with E-state index >= 15 is 0 Å². The Morgan fingerprint density at radius 1 is 1.00 bits per heavy atom. The summed E-state index contributed by atoms with van der Waals surface area (Å²) < 4.78 is 1.72. The van der Waals surface area contributed by atoms with Gasteiger partial charge in [0.2, 0.25) is 5.91 Å². The van der Waals surface area contributed by atoms with Crippen LogP contribution >= 0.6 is 0 Å². The highest BCUT2D eigenvalue weighted by molar-refractivity contribution is 5.82. The summed E-state index contributed by atoms with van der Waals surface area (Å²) in [6.07, 6.45) is 8.44. The van der Waals surface area contributed by atoms with Gasteiger partial charge in [0.1, 0.15) is 12.1 Å². The van der Waals surface area contributed by atoms with Gasteiger partial charge in [-0.1, -0.05) is 30.3 Å². The van der Waals surface area contributed by atoms with E-state index in [0.717, 1.165) is 57.1 Å². The minimum Gasteiger partial charge on any atom is -0.355 e. The van der Waals surface area contributed by atoms with E-state index < -0.39 is 0 Å². The fourth-order valence-corrected chi connectivity index (χ4v) is 4.42. The SMILES string of the molecule is O=C(C1CN(c2cc(-n3cccn3)ncn2)C1)N1CCC(Cc2ccccc2)CC1. The maximum absolute atomic E-state index is 12.9. The van der Waals surface area contributed by atoms with Gasteiger partial charge in [-0.15, -0.1) is 0 Å². The van der Waals surface area contributed by atoms with Crippen molar-refractivity contribution in [1.82, 2.24) is 24.6 Å². The molecule has 0 atom stereocenters. The lowest BCUT2D eigenvalue weighted by Crippen LogP contribution is -2.56. The van der Waals surface area contributed by atoms with Crippen LogP contribution in [-0.4, -0.2) is 56.7 Å². The summed E-state index contributed by atoms with van der Waals surface area (Å²) in [5.74, 6) is 2.63. The highest BCUT2D eigenvalue weighted by Gasteiger charge is 2.37. The first-order chi connectivity index (χ1) is 14.8. The predicted octanol–water partition coefficient (Wildman–Crippen LogP) is 2.58. The van der Waals surface area contributed by atoms with Gasteiger partial charge in [0.05, 0.1) is 5.92 Å². The zero-order valence-corrected chi connectivity index (χ0v) is 17.0. The standard InChI is InChI=1S/C23H26N6O/c30-23(27-11-7-19(8-12-27)13-18-5-2-1-3-6-18)20-15-28(16-20)21-14-22(25-17-24-21)29-10-4-9-26-29/h1-6,9-10,14,17,19-20H,7-8,11-13,15-16H2. The zero-order valence-electron chi connectivity index (χ0n) is 17.0. The maximum atomic E-state index is 12.9. The molecule has 2 aromatic heterocycles. The number of piperidine rings is 1. The highest BCUT2D eigenvalue weighted by Crippen LogP contribution is 2.28. The van der Waals surface area contributed by atoms with Crippen molar-refractivity contribution >= 4 is 11.7 Å². The molecule has 7 heteroatoms. The molecule has 0 saturated carbocycles. The highest BCUT2D eigenvalue weighted by atomic mass is 16.2. The zero-order chi connectivity index (χ0) is 20.3. The first kappa shape index (κ1) is 18.8. The number of anilines is 1. The number of hydrogen-bond donors (Lipinski definition) is 0. The molecule has 154 valence electrons. The van der Waals surface area contributed by atoms with Crippen molar-refractivity contribution in [3.05, 3.63) is 66.7 Å². The van der Waals surface area contributed by atoms with Gasteiger partial charge in [-0.3, -0.25) is 4.79 Å². The Kier molecular flexibility index (Phi) is 5.17. The number of likely N-dealkylation sites (tertiary alicyclic amines) is 1. The van der Waals surface area contributed by atoms with Crippen LogP contribution in [0.15, 0.2) is 61.2 Å². The second kappa shape index (κ2) is 8.26. The van der Waals surface area contributed by atoms with Gasteiger partial charge in [-0.2, -0.15) is 5.10 Å². The van der Waals surface area contributed by atoms with E-state index in [-0.39, 0.29) is 5.92 Å². The van der Waals surface area contributed by atoms with E-state index in [1.54, 1.807) is 17.2 Å². The van der Waals surface area contributed by atoms with Crippen LogP contribution in [0.25, 0.3) is 5.82 Å². The normalized spacial score (nSPS) is 17.7. The minimum absolute atomic E-state index is 0.0683. The van der Waals surface area contributed by atoms with Crippen molar-refractivity contribution in [3.63, 3.8) is 0 Å². The number of aromatic nitrogens is 4. The van der Waals surface area contributed by atoms with E-state index in [0.29, 0.717) is 11.8 Å². The summed E-state index contributed by atoms with van der Waals surface area (Å²) in [4.78, 5) is 25.8. The van der Waals surface area contributed by atoms with Gasteiger partial charge in [0, 0.05) is 44.6 Å². The van der Waals surface area contributed by atoms with Crippen LogP contribution in [0, 0.1) is 11.8 Å². The molecule has 0 aliphatic carbocycles. The maximum Gasteiger partial charge on any atom is 0.229 e. The lowest BCUT2D eigenvalue weighted by molar-refractivity contribution is -0.137. The smallest absolute Gasteiger partial charge is 0.229 e. The third-order valence-electron chi connectivity index (χ3n) is 6.23. The molecule has 3 aromatic rings. The summed E-state index contributed by atoms with van der Waals surface area (Å²) in [7, 11) is 0. The summed E-state index contributed by atoms with van der Waals surface area (Å²) in [5, 5.41) is 4.21. The number of nitrogens with zero attached hydrogens (tertiary/aromatic N) is 6. The Morgan fingerprint density at radius 3 is 2.50 bits per heavy atom. The second-order valence-corrected chi connectivity index (χ2v) is 8.25. The van der Waals surface area contributed by atoms with Crippen LogP contribution < -0.4 is 4.90 Å². The van der Waals surface area contributed by atoms with Crippen LogP contribution in [0.5, 0.6) is 0 Å². The molecule has 4 heterocycles. The van der Waals surface area contributed by atoms with Gasteiger partial charge in [0.25, 0.3) is 0 Å². The Bertz CT molecular complexity index is 976. The molecule has 0 N–H and O–H groups in total. The number of hydrogen-bond acceptors (Lipinski definition) is 5. The molecule has 7 nitrogen and oxygen atoms in total. The number of benzene rings is 1. The van der Waals surface area contributed by atoms with Crippen molar-refractivity contribution < 1.29 is 4.79 Å². The molecule has 2 aliphatic rings. The second-order valence-electron chi connectivity index (χ2n) is 8.25. The van der Waals surface area contributed by atoms with Crippen LogP contribution in [0.3, 0.4) is 0 Å². The van der Waals surface area contributed by atoms with E-state index in [9.17, 15) is 4.79 Å². The third-order valence-corrected chi connectivity index (χ3v) is 6.23.